The zero-order valence-electron chi connectivity index (χ0n) is 20.5. The number of aromatic nitrogens is 3. The van der Waals surface area contributed by atoms with Crippen molar-refractivity contribution in [2.45, 2.75) is 39.0 Å². The Hall–Kier alpha value is -3.93. The number of benzene rings is 1. The Kier molecular flexibility index (Phi) is 6.59. The molecule has 0 bridgehead atoms. The monoisotopic (exact) mass is 544 g/mol. The Morgan fingerprint density at radius 3 is 2.71 bits per heavy atom. The molecule has 3 aromatic heterocycles. The lowest BCUT2D eigenvalue weighted by Gasteiger charge is -2.29. The molecule has 198 valence electrons. The Labute approximate surface area is 219 Å². The van der Waals surface area contributed by atoms with Crippen LogP contribution in [0.4, 0.5) is 13.2 Å². The third kappa shape index (κ3) is 4.71. The van der Waals surface area contributed by atoms with Crippen LogP contribution in [0.1, 0.15) is 42.8 Å². The van der Waals surface area contributed by atoms with E-state index in [0.29, 0.717) is 46.1 Å². The van der Waals surface area contributed by atoms with Gasteiger partial charge >= 0.3 is 12.1 Å². The summed E-state index contributed by atoms with van der Waals surface area (Å²) in [5.74, 6) is -1.10. The first kappa shape index (κ1) is 25.7. The van der Waals surface area contributed by atoms with Crippen molar-refractivity contribution < 1.29 is 32.6 Å². The number of amides is 1. The summed E-state index contributed by atoms with van der Waals surface area (Å²) in [5, 5.41) is 9.33. The van der Waals surface area contributed by atoms with Crippen molar-refractivity contribution in [3.8, 4) is 5.75 Å². The van der Waals surface area contributed by atoms with E-state index in [-0.39, 0.29) is 36.7 Å². The predicted octanol–water partition coefficient (Wildman–Crippen LogP) is 4.70. The van der Waals surface area contributed by atoms with Crippen LogP contribution in [0.25, 0.3) is 11.0 Å². The van der Waals surface area contributed by atoms with Crippen LogP contribution >= 0.6 is 11.3 Å². The molecule has 0 radical (unpaired) electrons. The molecule has 0 atom stereocenters. The molecule has 8 nitrogen and oxygen atoms in total. The summed E-state index contributed by atoms with van der Waals surface area (Å²) in [5.41, 5.74) is 3.46. The molecule has 0 fully saturated rings. The largest absolute Gasteiger partial charge is 0.496 e. The first-order valence-electron chi connectivity index (χ1n) is 11.7. The number of aryl methyl sites for hydroxylation is 1. The number of halogens is 3. The SMILES string of the molecule is COc1cc(CC(=O)N2CCc3c(n(Cc4sc(C(F)(F)F)nc4C)c4ncccc34)C2)ccc1C(=O)O. The average molecular weight is 545 g/mol. The fourth-order valence-electron chi connectivity index (χ4n) is 4.79. The number of hydrogen-bond donors (Lipinski definition) is 1. The number of carbonyl (C=O) groups excluding carboxylic acids is 1. The zero-order chi connectivity index (χ0) is 27.2. The van der Waals surface area contributed by atoms with Crippen LogP contribution in [0.15, 0.2) is 36.5 Å². The molecular formula is C26H23F3N4O4S. The maximum atomic E-state index is 13.3. The van der Waals surface area contributed by atoms with Crippen LogP contribution in [-0.2, 0) is 36.9 Å². The molecule has 12 heteroatoms. The maximum absolute atomic E-state index is 13.3. The van der Waals surface area contributed by atoms with Crippen LogP contribution in [0.2, 0.25) is 0 Å². The molecule has 0 saturated carbocycles. The number of aromatic carboxylic acids is 1. The average Bonchev–Trinajstić information content (AvgIpc) is 3.41. The first-order chi connectivity index (χ1) is 18.1. The van der Waals surface area contributed by atoms with Crippen LogP contribution in [-0.4, -0.2) is 50.1 Å². The molecule has 5 rings (SSSR count). The number of hydrogen-bond acceptors (Lipinski definition) is 6. The van der Waals surface area contributed by atoms with E-state index in [0.717, 1.165) is 16.6 Å². The third-order valence-corrected chi connectivity index (χ3v) is 7.84. The van der Waals surface area contributed by atoms with Crippen molar-refractivity contribution in [2.24, 2.45) is 0 Å². The molecule has 0 spiro atoms. The Bertz CT molecular complexity index is 1560. The van der Waals surface area contributed by atoms with Gasteiger partial charge < -0.3 is 19.3 Å². The number of carboxylic acid groups (broad SMARTS) is 1. The van der Waals surface area contributed by atoms with Crippen LogP contribution in [0, 0.1) is 6.92 Å². The van der Waals surface area contributed by atoms with Crippen molar-refractivity contribution >= 4 is 34.2 Å². The molecule has 1 aliphatic rings. The number of rotatable bonds is 6. The van der Waals surface area contributed by atoms with Gasteiger partial charge in [-0.25, -0.2) is 14.8 Å². The molecule has 1 N–H and O–H groups in total. The van der Waals surface area contributed by atoms with Crippen molar-refractivity contribution in [2.75, 3.05) is 13.7 Å². The zero-order valence-corrected chi connectivity index (χ0v) is 21.3. The van der Waals surface area contributed by atoms with Crippen LogP contribution < -0.4 is 4.74 Å². The molecule has 38 heavy (non-hydrogen) atoms. The molecule has 0 unspecified atom stereocenters. The number of alkyl halides is 3. The molecule has 1 amide bonds. The maximum Gasteiger partial charge on any atom is 0.443 e. The lowest BCUT2D eigenvalue weighted by molar-refractivity contribution is -0.137. The summed E-state index contributed by atoms with van der Waals surface area (Å²) in [6, 6.07) is 8.30. The van der Waals surface area contributed by atoms with Crippen molar-refractivity contribution in [3.63, 3.8) is 0 Å². The minimum absolute atomic E-state index is 0.00960. The molecule has 1 aromatic carbocycles. The fraction of sp³-hybridized carbons (Fsp3) is 0.308. The van der Waals surface area contributed by atoms with E-state index in [2.05, 4.69) is 9.97 Å². The van der Waals surface area contributed by atoms with E-state index in [1.165, 1.54) is 13.2 Å². The van der Waals surface area contributed by atoms with Gasteiger partial charge in [0.2, 0.25) is 5.91 Å². The minimum atomic E-state index is -4.52. The van der Waals surface area contributed by atoms with Gasteiger partial charge in [-0.3, -0.25) is 4.79 Å². The molecule has 0 saturated heterocycles. The smallest absolute Gasteiger partial charge is 0.443 e. The second-order valence-corrected chi connectivity index (χ2v) is 10.1. The summed E-state index contributed by atoms with van der Waals surface area (Å²) in [6.07, 6.45) is -2.25. The molecule has 4 heterocycles. The van der Waals surface area contributed by atoms with E-state index < -0.39 is 17.2 Å². The van der Waals surface area contributed by atoms with Gasteiger partial charge in [-0.15, -0.1) is 11.3 Å². The molecule has 0 aliphatic carbocycles. The summed E-state index contributed by atoms with van der Waals surface area (Å²) >= 11 is 0.620. The number of carbonyl (C=O) groups is 2. The van der Waals surface area contributed by atoms with Gasteiger partial charge in [-0.2, -0.15) is 13.2 Å². The quantitative estimate of drug-likeness (QED) is 0.378. The second-order valence-electron chi connectivity index (χ2n) is 8.99. The van der Waals surface area contributed by atoms with E-state index in [9.17, 15) is 27.9 Å². The highest BCUT2D eigenvalue weighted by atomic mass is 32.1. The molecule has 1 aliphatic heterocycles. The van der Waals surface area contributed by atoms with Gasteiger partial charge in [0.25, 0.3) is 0 Å². The van der Waals surface area contributed by atoms with Crippen LogP contribution in [0.5, 0.6) is 5.75 Å². The minimum Gasteiger partial charge on any atom is -0.496 e. The van der Waals surface area contributed by atoms with Crippen LogP contribution in [0.3, 0.4) is 0 Å². The first-order valence-corrected chi connectivity index (χ1v) is 12.5. The fourth-order valence-corrected chi connectivity index (χ4v) is 5.71. The highest BCUT2D eigenvalue weighted by molar-refractivity contribution is 7.11. The number of carboxylic acids is 1. The van der Waals surface area contributed by atoms with Gasteiger partial charge in [0.15, 0.2) is 5.01 Å². The number of fused-ring (bicyclic) bond motifs is 3. The van der Waals surface area contributed by atoms with Gasteiger partial charge in [-0.05, 0) is 48.7 Å². The van der Waals surface area contributed by atoms with Crippen molar-refractivity contribution in [3.05, 3.63) is 74.5 Å². The normalized spacial score (nSPS) is 13.6. The second kappa shape index (κ2) is 9.75. The van der Waals surface area contributed by atoms with Gasteiger partial charge in [0, 0.05) is 28.7 Å². The highest BCUT2D eigenvalue weighted by Crippen LogP contribution is 2.36. The number of thiazole rings is 1. The Morgan fingerprint density at radius 1 is 1.24 bits per heavy atom. The summed E-state index contributed by atoms with van der Waals surface area (Å²) in [6.45, 7) is 2.48. The number of methoxy groups -OCH3 is 1. The lowest BCUT2D eigenvalue weighted by Crippen LogP contribution is -2.37. The highest BCUT2D eigenvalue weighted by Gasteiger charge is 2.36. The summed E-state index contributed by atoms with van der Waals surface area (Å²) < 4.78 is 46.8. The van der Waals surface area contributed by atoms with Crippen molar-refractivity contribution in [1.29, 1.82) is 0 Å². The lowest BCUT2D eigenvalue weighted by atomic mass is 10.0. The van der Waals surface area contributed by atoms with Crippen molar-refractivity contribution in [1.82, 2.24) is 19.4 Å². The van der Waals surface area contributed by atoms with E-state index in [4.69, 9.17) is 4.74 Å². The Balaban J connectivity index is 1.44. The third-order valence-electron chi connectivity index (χ3n) is 6.66. The molecule has 4 aromatic rings. The number of nitrogens with zero attached hydrogens (tertiary/aromatic N) is 4. The predicted molar refractivity (Wildman–Crippen MR) is 133 cm³/mol. The van der Waals surface area contributed by atoms with Gasteiger partial charge in [-0.1, -0.05) is 6.07 Å². The number of ether oxygens (including phenoxy) is 1. The van der Waals surface area contributed by atoms with Gasteiger partial charge in [0.05, 0.1) is 32.3 Å². The Morgan fingerprint density at radius 2 is 2.03 bits per heavy atom. The number of pyridine rings is 1. The standard InChI is InChI=1S/C26H23F3N4O4S/c1-14-21(38-25(31-14)26(27,28)29)13-33-19-12-32(9-7-16(19)17-4-3-8-30-23(17)33)22(34)11-15-5-6-18(24(35)36)20(10-15)37-2/h3-6,8,10H,7,9,11-13H2,1-2H3,(H,35,36). The topological polar surface area (TPSA) is 97.5 Å². The summed E-state index contributed by atoms with van der Waals surface area (Å²) in [4.78, 5) is 35.0. The van der Waals surface area contributed by atoms with E-state index in [1.54, 1.807) is 30.2 Å². The molecular weight excluding hydrogens is 521 g/mol. The van der Waals surface area contributed by atoms with Gasteiger partial charge in [0.1, 0.15) is 17.0 Å². The van der Waals surface area contributed by atoms with E-state index in [1.807, 2.05) is 16.7 Å². The summed E-state index contributed by atoms with van der Waals surface area (Å²) in [7, 11) is 1.37. The van der Waals surface area contributed by atoms with E-state index >= 15 is 0 Å².